The standard InChI is InChI=1S/C12H8BrCl2NO/c1-7-2-3-16-12(15)11(7)17-10-5-8(13)4-9(14)6-10/h2-6H,1H3. The summed E-state index contributed by atoms with van der Waals surface area (Å²) in [7, 11) is 0. The van der Waals surface area contributed by atoms with Crippen molar-refractivity contribution >= 4 is 39.1 Å². The molecule has 0 aliphatic rings. The number of benzene rings is 1. The summed E-state index contributed by atoms with van der Waals surface area (Å²) in [5, 5.41) is 0.924. The SMILES string of the molecule is Cc1ccnc(Cl)c1Oc1cc(Cl)cc(Br)c1. The maximum atomic E-state index is 5.98. The van der Waals surface area contributed by atoms with Crippen molar-refractivity contribution < 1.29 is 4.74 Å². The molecule has 0 saturated carbocycles. The first-order valence-electron chi connectivity index (χ1n) is 4.81. The van der Waals surface area contributed by atoms with Crippen LogP contribution in [-0.4, -0.2) is 4.98 Å². The first-order valence-corrected chi connectivity index (χ1v) is 6.36. The van der Waals surface area contributed by atoms with E-state index in [0.717, 1.165) is 10.0 Å². The Morgan fingerprint density at radius 3 is 2.65 bits per heavy atom. The van der Waals surface area contributed by atoms with Gasteiger partial charge in [-0.2, -0.15) is 0 Å². The zero-order chi connectivity index (χ0) is 12.4. The number of pyridine rings is 1. The van der Waals surface area contributed by atoms with Crippen molar-refractivity contribution in [2.24, 2.45) is 0 Å². The van der Waals surface area contributed by atoms with Crippen LogP contribution in [0.4, 0.5) is 0 Å². The Morgan fingerprint density at radius 1 is 1.24 bits per heavy atom. The molecule has 1 aromatic heterocycles. The Morgan fingerprint density at radius 2 is 2.00 bits per heavy atom. The molecule has 0 spiro atoms. The number of halogens is 3. The fourth-order valence-electron chi connectivity index (χ4n) is 1.34. The predicted molar refractivity (Wildman–Crippen MR) is 73.2 cm³/mol. The zero-order valence-electron chi connectivity index (χ0n) is 8.88. The molecule has 0 radical (unpaired) electrons. The highest BCUT2D eigenvalue weighted by atomic mass is 79.9. The molecular formula is C12H8BrCl2NO. The number of ether oxygens (including phenoxy) is 1. The third-order valence-electron chi connectivity index (χ3n) is 2.11. The largest absolute Gasteiger partial charge is 0.454 e. The molecule has 88 valence electrons. The van der Waals surface area contributed by atoms with Gasteiger partial charge in [-0.1, -0.05) is 39.1 Å². The molecule has 0 atom stereocenters. The minimum Gasteiger partial charge on any atom is -0.454 e. The quantitative estimate of drug-likeness (QED) is 0.700. The Hall–Kier alpha value is -0.770. The Balaban J connectivity index is 2.38. The highest BCUT2D eigenvalue weighted by Crippen LogP contribution is 2.33. The van der Waals surface area contributed by atoms with E-state index in [0.29, 0.717) is 21.7 Å². The van der Waals surface area contributed by atoms with Gasteiger partial charge in [0.1, 0.15) is 5.75 Å². The third-order valence-corrected chi connectivity index (χ3v) is 3.06. The number of aromatic nitrogens is 1. The van der Waals surface area contributed by atoms with Crippen LogP contribution < -0.4 is 4.74 Å². The topological polar surface area (TPSA) is 22.1 Å². The van der Waals surface area contributed by atoms with Crippen LogP contribution in [0.3, 0.4) is 0 Å². The molecule has 0 N–H and O–H groups in total. The summed E-state index contributed by atoms with van der Waals surface area (Å²) < 4.78 is 6.54. The first-order chi connectivity index (χ1) is 8.06. The summed E-state index contributed by atoms with van der Waals surface area (Å²) in [6.45, 7) is 1.91. The lowest BCUT2D eigenvalue weighted by Gasteiger charge is -2.10. The first kappa shape index (κ1) is 12.7. The molecular weight excluding hydrogens is 325 g/mol. The zero-order valence-corrected chi connectivity index (χ0v) is 12.0. The van der Waals surface area contributed by atoms with Crippen molar-refractivity contribution in [3.63, 3.8) is 0 Å². The van der Waals surface area contributed by atoms with E-state index in [1.165, 1.54) is 0 Å². The summed E-state index contributed by atoms with van der Waals surface area (Å²) in [4.78, 5) is 3.98. The Bertz CT molecular complexity index is 520. The summed E-state index contributed by atoms with van der Waals surface area (Å²) in [5.74, 6) is 1.16. The van der Waals surface area contributed by atoms with Crippen molar-refractivity contribution in [3.05, 3.63) is 50.7 Å². The second-order valence-electron chi connectivity index (χ2n) is 3.45. The molecule has 2 rings (SSSR count). The fraction of sp³-hybridized carbons (Fsp3) is 0.0833. The van der Waals surface area contributed by atoms with Gasteiger partial charge in [-0.05, 0) is 36.8 Å². The van der Waals surface area contributed by atoms with Crippen molar-refractivity contribution in [1.29, 1.82) is 0 Å². The normalized spacial score (nSPS) is 10.4. The summed E-state index contributed by atoms with van der Waals surface area (Å²) in [6.07, 6.45) is 1.64. The number of nitrogens with zero attached hydrogens (tertiary/aromatic N) is 1. The molecule has 2 aromatic rings. The second-order valence-corrected chi connectivity index (χ2v) is 5.17. The van der Waals surface area contributed by atoms with E-state index in [4.69, 9.17) is 27.9 Å². The van der Waals surface area contributed by atoms with Crippen LogP contribution in [0.1, 0.15) is 5.56 Å². The van der Waals surface area contributed by atoms with Gasteiger partial charge in [0.15, 0.2) is 10.9 Å². The molecule has 5 heteroatoms. The maximum Gasteiger partial charge on any atom is 0.171 e. The average Bonchev–Trinajstić information content (AvgIpc) is 2.22. The van der Waals surface area contributed by atoms with E-state index in [2.05, 4.69) is 20.9 Å². The van der Waals surface area contributed by atoms with Gasteiger partial charge in [0, 0.05) is 15.7 Å². The van der Waals surface area contributed by atoms with Gasteiger partial charge in [0.2, 0.25) is 0 Å². The van der Waals surface area contributed by atoms with E-state index < -0.39 is 0 Å². The third kappa shape index (κ3) is 3.12. The lowest BCUT2D eigenvalue weighted by atomic mass is 10.3. The van der Waals surface area contributed by atoms with Crippen LogP contribution in [0.2, 0.25) is 10.2 Å². The molecule has 0 saturated heterocycles. The number of rotatable bonds is 2. The van der Waals surface area contributed by atoms with Gasteiger partial charge in [0.05, 0.1) is 0 Å². The molecule has 0 aliphatic carbocycles. The van der Waals surface area contributed by atoms with Gasteiger partial charge in [0.25, 0.3) is 0 Å². The van der Waals surface area contributed by atoms with Gasteiger partial charge in [-0.15, -0.1) is 0 Å². The molecule has 1 heterocycles. The second kappa shape index (κ2) is 5.25. The number of hydrogen-bond acceptors (Lipinski definition) is 2. The minimum absolute atomic E-state index is 0.334. The van der Waals surface area contributed by atoms with Crippen LogP contribution in [-0.2, 0) is 0 Å². The van der Waals surface area contributed by atoms with Crippen molar-refractivity contribution in [1.82, 2.24) is 4.98 Å². The molecule has 0 unspecified atom stereocenters. The lowest BCUT2D eigenvalue weighted by molar-refractivity contribution is 0.476. The number of aryl methyl sites for hydroxylation is 1. The molecule has 0 aliphatic heterocycles. The molecule has 1 aromatic carbocycles. The lowest BCUT2D eigenvalue weighted by Crippen LogP contribution is -1.90. The van der Waals surface area contributed by atoms with E-state index >= 15 is 0 Å². The average molecular weight is 333 g/mol. The maximum absolute atomic E-state index is 5.98. The summed E-state index contributed by atoms with van der Waals surface area (Å²) in [5.41, 5.74) is 0.918. The van der Waals surface area contributed by atoms with Gasteiger partial charge in [-0.25, -0.2) is 4.98 Å². The fourth-order valence-corrected chi connectivity index (χ4v) is 2.41. The molecule has 17 heavy (non-hydrogen) atoms. The van der Waals surface area contributed by atoms with E-state index in [9.17, 15) is 0 Å². The monoisotopic (exact) mass is 331 g/mol. The summed E-state index contributed by atoms with van der Waals surface area (Å²) in [6, 6.07) is 7.15. The van der Waals surface area contributed by atoms with Crippen LogP contribution in [0.5, 0.6) is 11.5 Å². The van der Waals surface area contributed by atoms with E-state index in [1.807, 2.05) is 19.1 Å². The van der Waals surface area contributed by atoms with Crippen LogP contribution in [0.15, 0.2) is 34.9 Å². The highest BCUT2D eigenvalue weighted by molar-refractivity contribution is 9.10. The van der Waals surface area contributed by atoms with E-state index in [-0.39, 0.29) is 0 Å². The van der Waals surface area contributed by atoms with Gasteiger partial charge < -0.3 is 4.74 Å². The summed E-state index contributed by atoms with van der Waals surface area (Å²) >= 11 is 15.3. The molecule has 0 bridgehead atoms. The minimum atomic E-state index is 0.334. The van der Waals surface area contributed by atoms with Crippen molar-refractivity contribution in [2.75, 3.05) is 0 Å². The Kier molecular flexibility index (Phi) is 3.92. The Labute approximate surface area is 118 Å². The van der Waals surface area contributed by atoms with Crippen molar-refractivity contribution in [2.45, 2.75) is 6.92 Å². The predicted octanol–water partition coefficient (Wildman–Crippen LogP) is 5.25. The van der Waals surface area contributed by atoms with Crippen LogP contribution in [0, 0.1) is 6.92 Å². The van der Waals surface area contributed by atoms with Crippen molar-refractivity contribution in [3.8, 4) is 11.5 Å². The van der Waals surface area contributed by atoms with E-state index in [1.54, 1.807) is 18.3 Å². The van der Waals surface area contributed by atoms with Gasteiger partial charge in [-0.3, -0.25) is 0 Å². The molecule has 0 fully saturated rings. The smallest absolute Gasteiger partial charge is 0.171 e. The molecule has 2 nitrogen and oxygen atoms in total. The molecule has 0 amide bonds. The number of hydrogen-bond donors (Lipinski definition) is 0. The van der Waals surface area contributed by atoms with Gasteiger partial charge >= 0.3 is 0 Å². The van der Waals surface area contributed by atoms with Crippen LogP contribution in [0.25, 0.3) is 0 Å². The highest BCUT2D eigenvalue weighted by Gasteiger charge is 2.08. The van der Waals surface area contributed by atoms with Crippen LogP contribution >= 0.6 is 39.1 Å².